The standard InChI is InChI=1S/Ca.4FH.H2O/h;4*1H;1H2/q+2;;;;;/p-2. The molecule has 0 heterocycles. The smallest absolute Gasteiger partial charge is 1.00 e. The van der Waals surface area contributed by atoms with E-state index in [9.17, 15) is 0 Å². The van der Waals surface area contributed by atoms with E-state index >= 15 is 0 Å². The van der Waals surface area contributed by atoms with E-state index in [0.29, 0.717) is 0 Å². The minimum absolute atomic E-state index is 0. The summed E-state index contributed by atoms with van der Waals surface area (Å²) in [5.41, 5.74) is 0. The molecule has 0 atom stereocenters. The van der Waals surface area contributed by atoms with Gasteiger partial charge in [0.15, 0.2) is 0 Å². The van der Waals surface area contributed by atoms with Crippen LogP contribution >= 0.6 is 0 Å². The van der Waals surface area contributed by atoms with Crippen LogP contribution in [0.15, 0.2) is 0 Å². The van der Waals surface area contributed by atoms with Gasteiger partial charge in [0.25, 0.3) is 0 Å². The number of rotatable bonds is 0. The molecule has 0 radical (unpaired) electrons. The van der Waals surface area contributed by atoms with Crippen molar-refractivity contribution in [1.82, 2.24) is 0 Å². The van der Waals surface area contributed by atoms with Crippen LogP contribution in [0.3, 0.4) is 0 Å². The average Bonchev–Trinajstić information content (AvgIpc) is 0. The van der Waals surface area contributed by atoms with Crippen LogP contribution in [0.4, 0.5) is 9.41 Å². The summed E-state index contributed by atoms with van der Waals surface area (Å²) in [7, 11) is 0. The van der Waals surface area contributed by atoms with Crippen LogP contribution in [0.1, 0.15) is 0 Å². The van der Waals surface area contributed by atoms with Crippen molar-refractivity contribution in [1.29, 1.82) is 0 Å². The largest absolute Gasteiger partial charge is 2.00 e. The summed E-state index contributed by atoms with van der Waals surface area (Å²) in [6.45, 7) is 0. The summed E-state index contributed by atoms with van der Waals surface area (Å²) in [6, 6.07) is 0. The van der Waals surface area contributed by atoms with Crippen molar-refractivity contribution in [2.75, 3.05) is 0 Å². The van der Waals surface area contributed by atoms with Gasteiger partial charge in [0.1, 0.15) is 0 Å². The Morgan fingerprint density at radius 1 is 0.667 bits per heavy atom. The van der Waals surface area contributed by atoms with Crippen molar-refractivity contribution in [3.8, 4) is 0 Å². The van der Waals surface area contributed by atoms with E-state index in [1.165, 1.54) is 0 Å². The monoisotopic (exact) mass is 136 g/mol. The molecule has 2 N–H and O–H groups in total. The predicted octanol–water partition coefficient (Wildman–Crippen LogP) is -6.89. The molecule has 0 aliphatic carbocycles. The number of halogens is 4. The molecule has 0 aromatic heterocycles. The van der Waals surface area contributed by atoms with E-state index in [1.54, 1.807) is 0 Å². The van der Waals surface area contributed by atoms with Gasteiger partial charge in [0.2, 0.25) is 0 Å². The van der Waals surface area contributed by atoms with Gasteiger partial charge in [-0.1, -0.05) is 0 Å². The van der Waals surface area contributed by atoms with Gasteiger partial charge in [-0.05, 0) is 0 Å². The van der Waals surface area contributed by atoms with Crippen molar-refractivity contribution in [2.24, 2.45) is 0 Å². The van der Waals surface area contributed by atoms with Gasteiger partial charge in [-0.25, -0.2) is 0 Å². The van der Waals surface area contributed by atoms with Gasteiger partial charge >= 0.3 is 37.7 Å². The average molecular weight is 136 g/mol. The third-order valence-electron chi connectivity index (χ3n) is 0. The minimum Gasteiger partial charge on any atom is -1.00 e. The summed E-state index contributed by atoms with van der Waals surface area (Å²) >= 11 is 0. The second-order valence-electron chi connectivity index (χ2n) is 0. The normalized spacial score (nSPS) is 0. The van der Waals surface area contributed by atoms with Crippen LogP contribution < -0.4 is 9.41 Å². The van der Waals surface area contributed by atoms with Crippen molar-refractivity contribution in [3.05, 3.63) is 0 Å². The van der Waals surface area contributed by atoms with E-state index in [4.69, 9.17) is 0 Å². The molecule has 0 spiro atoms. The molecule has 0 aliphatic rings. The zero-order chi connectivity index (χ0) is 0. The second kappa shape index (κ2) is 164. The van der Waals surface area contributed by atoms with Crippen molar-refractivity contribution < 1.29 is 24.3 Å². The third kappa shape index (κ3) is 86.8. The fourth-order valence-corrected chi connectivity index (χ4v) is 0. The van der Waals surface area contributed by atoms with Gasteiger partial charge in [-0.2, -0.15) is 0 Å². The van der Waals surface area contributed by atoms with E-state index in [-0.39, 0.29) is 62.0 Å². The Bertz CT molecular complexity index is 7.51. The third-order valence-corrected chi connectivity index (χ3v) is 0. The van der Waals surface area contributed by atoms with Crippen molar-refractivity contribution in [3.63, 3.8) is 0 Å². The number of hydrogen-bond donors (Lipinski definition) is 0. The van der Waals surface area contributed by atoms with Crippen LogP contribution in [-0.2, 0) is 0 Å². The molecule has 0 aliphatic heterocycles. The fourth-order valence-electron chi connectivity index (χ4n) is 0. The topological polar surface area (TPSA) is 31.5 Å². The first-order valence-corrected chi connectivity index (χ1v) is 0. The van der Waals surface area contributed by atoms with Gasteiger partial charge in [-0.15, -0.1) is 0 Å². The Hall–Kier alpha value is 0.940. The quantitative estimate of drug-likeness (QED) is 0.234. The molecule has 0 saturated carbocycles. The molecule has 1 nitrogen and oxygen atoms in total. The van der Waals surface area contributed by atoms with E-state index < -0.39 is 0 Å². The molecule has 40 valence electrons. The van der Waals surface area contributed by atoms with E-state index in [0.717, 1.165) is 0 Å². The molecule has 0 saturated heterocycles. The van der Waals surface area contributed by atoms with Gasteiger partial charge in [-0.3, -0.25) is 9.41 Å². The molecule has 0 rings (SSSR count). The minimum atomic E-state index is 0. The van der Waals surface area contributed by atoms with Crippen LogP contribution in [0.5, 0.6) is 0 Å². The molecular formula is H4CaF4O. The summed E-state index contributed by atoms with van der Waals surface area (Å²) in [4.78, 5) is 0. The first-order valence-electron chi connectivity index (χ1n) is 0. The van der Waals surface area contributed by atoms with Crippen LogP contribution in [0.2, 0.25) is 0 Å². The summed E-state index contributed by atoms with van der Waals surface area (Å²) in [5.74, 6) is 0. The van der Waals surface area contributed by atoms with Crippen molar-refractivity contribution in [2.45, 2.75) is 0 Å². The SMILES string of the molecule is F.F.O.[Ca+2].[F-].[F-]. The molecule has 6 heavy (non-hydrogen) atoms. The molecule has 0 fully saturated rings. The Morgan fingerprint density at radius 2 is 0.667 bits per heavy atom. The van der Waals surface area contributed by atoms with Crippen LogP contribution in [-0.4, -0.2) is 43.2 Å². The van der Waals surface area contributed by atoms with Gasteiger partial charge < -0.3 is 14.9 Å². The predicted molar refractivity (Wildman–Crippen MR) is 14.4 cm³/mol. The zero-order valence-electron chi connectivity index (χ0n) is 2.78. The first-order chi connectivity index (χ1) is 0. The summed E-state index contributed by atoms with van der Waals surface area (Å²) < 4.78 is 0. The Kier molecular flexibility index (Phi) is 7580. The molecule has 6 heteroatoms. The maximum Gasteiger partial charge on any atom is 2.00 e. The summed E-state index contributed by atoms with van der Waals surface area (Å²) in [6.07, 6.45) is 0. The maximum atomic E-state index is 0. The maximum absolute atomic E-state index is 0. The molecular weight excluding hydrogens is 132 g/mol. The number of hydrogen-bond acceptors (Lipinski definition) is 0. The Balaban J connectivity index is 0. The molecule has 0 bridgehead atoms. The Labute approximate surface area is 61.9 Å². The Morgan fingerprint density at radius 3 is 0.667 bits per heavy atom. The summed E-state index contributed by atoms with van der Waals surface area (Å²) in [5, 5.41) is 0. The van der Waals surface area contributed by atoms with Crippen LogP contribution in [0, 0.1) is 0 Å². The van der Waals surface area contributed by atoms with Gasteiger partial charge in [0, 0.05) is 0 Å². The molecule has 0 amide bonds. The van der Waals surface area contributed by atoms with Crippen molar-refractivity contribution >= 4 is 37.7 Å². The fraction of sp³-hybridized carbons (Fsp3) is 0. The second-order valence-corrected chi connectivity index (χ2v) is 0. The van der Waals surface area contributed by atoms with Crippen LogP contribution in [0.25, 0.3) is 0 Å². The zero-order valence-corrected chi connectivity index (χ0v) is 4.99. The molecule has 0 aromatic rings. The van der Waals surface area contributed by atoms with E-state index in [1.807, 2.05) is 0 Å². The molecule has 0 unspecified atom stereocenters. The van der Waals surface area contributed by atoms with Gasteiger partial charge in [0.05, 0.1) is 0 Å². The molecule has 0 aromatic carbocycles. The van der Waals surface area contributed by atoms with E-state index in [2.05, 4.69) is 0 Å². The first kappa shape index (κ1) is 277.